The normalized spacial score (nSPS) is 19.9. The monoisotopic (exact) mass is 495 g/mol. The van der Waals surface area contributed by atoms with E-state index in [1.54, 1.807) is 7.11 Å². The van der Waals surface area contributed by atoms with E-state index in [0.29, 0.717) is 38.2 Å². The number of hydrogen-bond acceptors (Lipinski definition) is 6. The summed E-state index contributed by atoms with van der Waals surface area (Å²) in [5, 5.41) is 0. The second kappa shape index (κ2) is 12.5. The number of ketones is 1. The molecule has 0 spiro atoms. The number of ether oxygens (including phenoxy) is 4. The van der Waals surface area contributed by atoms with Crippen molar-refractivity contribution in [2.24, 2.45) is 17.8 Å². The number of likely N-dealkylation sites (tertiary alicyclic amines) is 1. The highest BCUT2D eigenvalue weighted by molar-refractivity contribution is 5.81. The van der Waals surface area contributed by atoms with Gasteiger partial charge in [0.15, 0.2) is 11.5 Å². The molecule has 196 valence electrons. The molecule has 4 rings (SSSR count). The van der Waals surface area contributed by atoms with Crippen LogP contribution < -0.4 is 18.9 Å². The molecule has 2 aromatic rings. The van der Waals surface area contributed by atoms with Crippen molar-refractivity contribution in [2.45, 2.75) is 52.5 Å². The molecule has 2 aliphatic rings. The van der Waals surface area contributed by atoms with Crippen LogP contribution in [0.5, 0.6) is 23.0 Å². The minimum atomic E-state index is -0.0374. The van der Waals surface area contributed by atoms with Crippen molar-refractivity contribution >= 4 is 5.78 Å². The molecule has 4 unspecified atom stereocenters. The third-order valence-corrected chi connectivity index (χ3v) is 7.98. The van der Waals surface area contributed by atoms with Gasteiger partial charge in [-0.1, -0.05) is 19.9 Å². The Labute approximate surface area is 215 Å². The van der Waals surface area contributed by atoms with Crippen LogP contribution in [0.3, 0.4) is 0 Å². The second-order valence-corrected chi connectivity index (χ2v) is 10.3. The van der Waals surface area contributed by atoms with Gasteiger partial charge in [-0.15, -0.1) is 0 Å². The molecule has 0 amide bonds. The van der Waals surface area contributed by atoms with E-state index in [1.807, 2.05) is 30.3 Å². The molecular weight excluding hydrogens is 454 g/mol. The second-order valence-electron chi connectivity index (χ2n) is 10.3. The van der Waals surface area contributed by atoms with Crippen LogP contribution in [0.4, 0.5) is 0 Å². The van der Waals surface area contributed by atoms with Crippen molar-refractivity contribution in [2.75, 3.05) is 40.0 Å². The lowest BCUT2D eigenvalue weighted by Crippen LogP contribution is -2.38. The van der Waals surface area contributed by atoms with Crippen LogP contribution in [0, 0.1) is 17.8 Å². The third-order valence-electron chi connectivity index (χ3n) is 7.98. The predicted octanol–water partition coefficient (Wildman–Crippen LogP) is 5.42. The zero-order valence-electron chi connectivity index (χ0n) is 22.2. The molecule has 1 fully saturated rings. The van der Waals surface area contributed by atoms with Gasteiger partial charge in [0.05, 0.1) is 13.7 Å². The van der Waals surface area contributed by atoms with E-state index in [-0.39, 0.29) is 17.6 Å². The van der Waals surface area contributed by atoms with Gasteiger partial charge in [-0.05, 0) is 86.5 Å². The van der Waals surface area contributed by atoms with Crippen molar-refractivity contribution in [3.8, 4) is 23.0 Å². The first kappa shape index (κ1) is 26.3. The summed E-state index contributed by atoms with van der Waals surface area (Å²) in [6.07, 6.45) is 3.83. The van der Waals surface area contributed by atoms with Crippen molar-refractivity contribution in [3.63, 3.8) is 0 Å². The molecule has 6 heteroatoms. The molecule has 36 heavy (non-hydrogen) atoms. The summed E-state index contributed by atoms with van der Waals surface area (Å²) in [6.45, 7) is 10.4. The molecule has 0 bridgehead atoms. The van der Waals surface area contributed by atoms with E-state index in [0.717, 1.165) is 42.5 Å². The van der Waals surface area contributed by atoms with Gasteiger partial charge in [0.1, 0.15) is 30.5 Å². The first-order valence-electron chi connectivity index (χ1n) is 13.4. The summed E-state index contributed by atoms with van der Waals surface area (Å²) in [7, 11) is 1.64. The van der Waals surface area contributed by atoms with E-state index >= 15 is 0 Å². The zero-order valence-corrected chi connectivity index (χ0v) is 22.2. The highest BCUT2D eigenvalue weighted by Crippen LogP contribution is 2.34. The van der Waals surface area contributed by atoms with Crippen molar-refractivity contribution < 1.29 is 23.7 Å². The van der Waals surface area contributed by atoms with Gasteiger partial charge < -0.3 is 23.8 Å². The number of nitrogens with zero attached hydrogens (tertiary/aromatic N) is 1. The molecule has 4 atom stereocenters. The summed E-state index contributed by atoms with van der Waals surface area (Å²) >= 11 is 0. The predicted molar refractivity (Wildman–Crippen MR) is 141 cm³/mol. The Balaban J connectivity index is 1.38. The molecule has 0 radical (unpaired) electrons. The van der Waals surface area contributed by atoms with Gasteiger partial charge >= 0.3 is 0 Å². The molecule has 2 aromatic carbocycles. The number of benzene rings is 2. The van der Waals surface area contributed by atoms with Crippen LogP contribution in [-0.4, -0.2) is 56.7 Å². The quantitative estimate of drug-likeness (QED) is 0.392. The highest BCUT2D eigenvalue weighted by atomic mass is 16.6. The molecule has 2 aliphatic heterocycles. The Morgan fingerprint density at radius 1 is 1.06 bits per heavy atom. The van der Waals surface area contributed by atoms with Gasteiger partial charge in [0, 0.05) is 24.9 Å². The lowest BCUT2D eigenvalue weighted by molar-refractivity contribution is -0.125. The van der Waals surface area contributed by atoms with Crippen molar-refractivity contribution in [1.29, 1.82) is 0 Å². The molecule has 0 aromatic heterocycles. The van der Waals surface area contributed by atoms with Crippen molar-refractivity contribution in [1.82, 2.24) is 4.90 Å². The lowest BCUT2D eigenvalue weighted by Gasteiger charge is -2.33. The summed E-state index contributed by atoms with van der Waals surface area (Å²) in [4.78, 5) is 15.8. The summed E-state index contributed by atoms with van der Waals surface area (Å²) in [6, 6.07) is 14.4. The molecule has 0 saturated carbocycles. The fraction of sp³-hybridized carbons (Fsp3) is 0.567. The smallest absolute Gasteiger partial charge is 0.161 e. The van der Waals surface area contributed by atoms with Crippen LogP contribution >= 0.6 is 0 Å². The molecular formula is C30H41NO5. The first-order chi connectivity index (χ1) is 17.4. The van der Waals surface area contributed by atoms with Gasteiger partial charge in [-0.25, -0.2) is 0 Å². The maximum Gasteiger partial charge on any atom is 0.161 e. The Hall–Kier alpha value is -2.73. The van der Waals surface area contributed by atoms with Crippen LogP contribution in [-0.2, 0) is 11.2 Å². The molecule has 6 nitrogen and oxygen atoms in total. The Morgan fingerprint density at radius 2 is 1.78 bits per heavy atom. The van der Waals surface area contributed by atoms with Crippen molar-refractivity contribution in [3.05, 3.63) is 48.0 Å². The maximum absolute atomic E-state index is 13.2. The Bertz CT molecular complexity index is 991. The summed E-state index contributed by atoms with van der Waals surface area (Å²) in [5.74, 6) is 4.04. The zero-order chi connectivity index (χ0) is 25.5. The van der Waals surface area contributed by atoms with E-state index in [1.165, 1.54) is 18.4 Å². The highest BCUT2D eigenvalue weighted by Gasteiger charge is 2.31. The number of carbonyl (C=O) groups is 1. The number of rotatable bonds is 12. The largest absolute Gasteiger partial charge is 0.497 e. The maximum atomic E-state index is 13.2. The van der Waals surface area contributed by atoms with Crippen LogP contribution in [0.25, 0.3) is 0 Å². The summed E-state index contributed by atoms with van der Waals surface area (Å²) in [5.41, 5.74) is 1.24. The number of carbonyl (C=O) groups excluding carboxylic acids is 1. The van der Waals surface area contributed by atoms with Crippen LogP contribution in [0.15, 0.2) is 42.5 Å². The van der Waals surface area contributed by atoms with Gasteiger partial charge in [-0.2, -0.15) is 0 Å². The van der Waals surface area contributed by atoms with Gasteiger partial charge in [-0.3, -0.25) is 4.79 Å². The first-order valence-corrected chi connectivity index (χ1v) is 13.4. The number of Topliss-reactive ketones (excluding diaryl/α,β-unsaturated/α-hetero) is 1. The van der Waals surface area contributed by atoms with Crippen LogP contribution in [0.2, 0.25) is 0 Å². The number of fused-ring (bicyclic) bond motifs is 1. The molecule has 0 N–H and O–H groups in total. The Morgan fingerprint density at radius 3 is 2.47 bits per heavy atom. The average Bonchev–Trinajstić information content (AvgIpc) is 3.31. The van der Waals surface area contributed by atoms with E-state index < -0.39 is 0 Å². The minimum absolute atomic E-state index is 0.0374. The number of hydrogen-bond donors (Lipinski definition) is 0. The van der Waals surface area contributed by atoms with Crippen LogP contribution in [0.1, 0.15) is 45.6 Å². The van der Waals surface area contributed by atoms with E-state index in [2.05, 4.69) is 37.8 Å². The minimum Gasteiger partial charge on any atom is -0.497 e. The lowest BCUT2D eigenvalue weighted by atomic mass is 9.77. The SMILES string of the molecule is COc1ccc(OCCC(=O)C(C)C(C)C(Cc2ccc3c(c2)OCCO3)CN2CCCC2C)cc1. The standard InChI is InChI=1S/C30H41NO5/c1-21-6-5-14-31(21)20-25(18-24-7-12-29-30(19-24)36-17-16-35-29)22(2)23(3)28(32)13-15-34-27-10-8-26(33-4)9-11-27/h7-12,19,21-23,25H,5-6,13-18,20H2,1-4H3. The van der Waals surface area contributed by atoms with Gasteiger partial charge in [0.2, 0.25) is 0 Å². The molecule has 1 saturated heterocycles. The fourth-order valence-electron chi connectivity index (χ4n) is 5.37. The van der Waals surface area contributed by atoms with Gasteiger partial charge in [0.25, 0.3) is 0 Å². The molecule has 2 heterocycles. The van der Waals surface area contributed by atoms with E-state index in [9.17, 15) is 4.79 Å². The average molecular weight is 496 g/mol. The molecule has 0 aliphatic carbocycles. The number of methoxy groups -OCH3 is 1. The van der Waals surface area contributed by atoms with E-state index in [4.69, 9.17) is 18.9 Å². The third kappa shape index (κ3) is 6.73. The Kier molecular flexibility index (Phi) is 9.13. The topological polar surface area (TPSA) is 57.2 Å². The summed E-state index contributed by atoms with van der Waals surface area (Å²) < 4.78 is 22.5. The fourth-order valence-corrected chi connectivity index (χ4v) is 5.37.